The van der Waals surface area contributed by atoms with Crippen molar-refractivity contribution < 1.29 is 9.85 Å². The van der Waals surface area contributed by atoms with Crippen LogP contribution in [0.2, 0.25) is 0 Å². The SMILES string of the molecule is NC1(Cl)C=C([N+](=O)[O-])C=C([N+](=O)[O-])C1. The van der Waals surface area contributed by atoms with Crippen molar-refractivity contribution in [3.8, 4) is 0 Å². The summed E-state index contributed by atoms with van der Waals surface area (Å²) in [7, 11) is 0. The minimum atomic E-state index is -1.56. The predicted octanol–water partition coefficient (Wildman–Crippen LogP) is 0.605. The van der Waals surface area contributed by atoms with Gasteiger partial charge in [0.15, 0.2) is 0 Å². The van der Waals surface area contributed by atoms with Gasteiger partial charge in [0, 0.05) is 6.08 Å². The first-order valence-electron chi connectivity index (χ1n) is 3.52. The van der Waals surface area contributed by atoms with Gasteiger partial charge in [-0.05, 0) is 0 Å². The molecule has 0 spiro atoms. The van der Waals surface area contributed by atoms with Crippen LogP contribution in [0.3, 0.4) is 0 Å². The van der Waals surface area contributed by atoms with Crippen LogP contribution in [0.4, 0.5) is 0 Å². The monoisotopic (exact) mass is 219 g/mol. The van der Waals surface area contributed by atoms with Gasteiger partial charge < -0.3 is 5.73 Å². The first-order chi connectivity index (χ1) is 6.32. The number of hydrogen-bond acceptors (Lipinski definition) is 5. The quantitative estimate of drug-likeness (QED) is 0.316. The van der Waals surface area contributed by atoms with Gasteiger partial charge >= 0.3 is 0 Å². The summed E-state index contributed by atoms with van der Waals surface area (Å²) in [5.41, 5.74) is 4.55. The summed E-state index contributed by atoms with van der Waals surface area (Å²) in [6, 6.07) is 0. The molecule has 0 radical (unpaired) electrons. The molecule has 1 aliphatic rings. The zero-order chi connectivity index (χ0) is 10.9. The lowest BCUT2D eigenvalue weighted by Gasteiger charge is -2.17. The van der Waals surface area contributed by atoms with Crippen LogP contribution in [0.15, 0.2) is 23.5 Å². The predicted molar refractivity (Wildman–Crippen MR) is 47.5 cm³/mol. The molecule has 0 aromatic rings. The van der Waals surface area contributed by atoms with Crippen LogP contribution in [0.25, 0.3) is 0 Å². The number of alkyl halides is 1. The lowest BCUT2D eigenvalue weighted by molar-refractivity contribution is -0.438. The Labute approximate surface area is 83.1 Å². The molecule has 1 rings (SSSR count). The second-order valence-electron chi connectivity index (χ2n) is 2.82. The van der Waals surface area contributed by atoms with Crippen LogP contribution in [-0.2, 0) is 0 Å². The van der Waals surface area contributed by atoms with Crippen molar-refractivity contribution in [2.75, 3.05) is 0 Å². The third kappa shape index (κ3) is 2.27. The van der Waals surface area contributed by atoms with E-state index in [0.29, 0.717) is 0 Å². The highest BCUT2D eigenvalue weighted by atomic mass is 35.5. The van der Waals surface area contributed by atoms with Crippen molar-refractivity contribution in [1.29, 1.82) is 0 Å². The largest absolute Gasteiger partial charge is 0.309 e. The normalized spacial score (nSPS) is 26.4. The molecule has 8 heteroatoms. The molecule has 0 fully saturated rings. The fraction of sp³-hybridized carbons (Fsp3) is 0.333. The molecule has 0 saturated heterocycles. The second-order valence-corrected chi connectivity index (χ2v) is 3.53. The van der Waals surface area contributed by atoms with Crippen LogP contribution in [-0.4, -0.2) is 14.8 Å². The standard InChI is InChI=1S/C6H6ClN3O4/c7-6(8)2-4(9(11)12)1-5(3-6)10(13)14/h1-2H,3,8H2. The van der Waals surface area contributed by atoms with E-state index in [1.54, 1.807) is 0 Å². The Bertz CT molecular complexity index is 360. The van der Waals surface area contributed by atoms with Gasteiger partial charge in [-0.15, -0.1) is 0 Å². The number of nitro groups is 2. The number of nitrogens with two attached hydrogens (primary N) is 1. The van der Waals surface area contributed by atoms with Gasteiger partial charge in [0.25, 0.3) is 11.4 Å². The van der Waals surface area contributed by atoms with Crippen LogP contribution in [0, 0.1) is 20.2 Å². The van der Waals surface area contributed by atoms with Crippen molar-refractivity contribution in [1.82, 2.24) is 0 Å². The molecule has 0 saturated carbocycles. The molecular weight excluding hydrogens is 214 g/mol. The van der Waals surface area contributed by atoms with Crippen molar-refractivity contribution >= 4 is 11.6 Å². The molecule has 0 aromatic heterocycles. The average molecular weight is 220 g/mol. The highest BCUT2D eigenvalue weighted by molar-refractivity contribution is 6.25. The minimum Gasteiger partial charge on any atom is -0.309 e. The Balaban J connectivity index is 3.11. The summed E-state index contributed by atoms with van der Waals surface area (Å²) in [5.74, 6) is 0. The Hall–Kier alpha value is -1.47. The summed E-state index contributed by atoms with van der Waals surface area (Å²) in [6.07, 6.45) is 1.61. The summed E-state index contributed by atoms with van der Waals surface area (Å²) in [4.78, 5) is 17.7. The fourth-order valence-corrected chi connectivity index (χ4v) is 1.31. The Morgan fingerprint density at radius 1 is 1.43 bits per heavy atom. The van der Waals surface area contributed by atoms with E-state index in [-0.39, 0.29) is 12.1 Å². The van der Waals surface area contributed by atoms with E-state index >= 15 is 0 Å². The van der Waals surface area contributed by atoms with E-state index in [9.17, 15) is 20.2 Å². The molecule has 1 aliphatic carbocycles. The summed E-state index contributed by atoms with van der Waals surface area (Å²) < 4.78 is 0. The third-order valence-electron chi connectivity index (χ3n) is 1.60. The molecular formula is C6H6ClN3O4. The zero-order valence-corrected chi connectivity index (χ0v) is 7.60. The van der Waals surface area contributed by atoms with Gasteiger partial charge in [-0.3, -0.25) is 20.2 Å². The van der Waals surface area contributed by atoms with Crippen molar-refractivity contribution in [3.05, 3.63) is 43.8 Å². The molecule has 2 N–H and O–H groups in total. The van der Waals surface area contributed by atoms with Gasteiger partial charge in [0.1, 0.15) is 5.00 Å². The van der Waals surface area contributed by atoms with Crippen molar-refractivity contribution in [2.45, 2.75) is 11.4 Å². The molecule has 76 valence electrons. The van der Waals surface area contributed by atoms with E-state index in [1.165, 1.54) is 0 Å². The maximum Gasteiger partial charge on any atom is 0.275 e. The van der Waals surface area contributed by atoms with Gasteiger partial charge in [-0.25, -0.2) is 0 Å². The van der Waals surface area contributed by atoms with E-state index < -0.39 is 20.5 Å². The highest BCUT2D eigenvalue weighted by Crippen LogP contribution is 2.28. The maximum atomic E-state index is 10.4. The third-order valence-corrected chi connectivity index (χ3v) is 1.84. The zero-order valence-electron chi connectivity index (χ0n) is 6.84. The van der Waals surface area contributed by atoms with Gasteiger partial charge in [-0.1, -0.05) is 11.6 Å². The topological polar surface area (TPSA) is 112 Å². The number of hydrogen-bond donors (Lipinski definition) is 1. The molecule has 7 nitrogen and oxygen atoms in total. The van der Waals surface area contributed by atoms with Crippen molar-refractivity contribution in [2.24, 2.45) is 5.73 Å². The summed E-state index contributed by atoms with van der Waals surface area (Å²) in [5, 5.41) is 20.7. The van der Waals surface area contributed by atoms with E-state index in [1.807, 2.05) is 0 Å². The molecule has 1 atom stereocenters. The van der Waals surface area contributed by atoms with E-state index in [0.717, 1.165) is 12.2 Å². The fourth-order valence-electron chi connectivity index (χ4n) is 1.06. The lowest BCUT2D eigenvalue weighted by Crippen LogP contribution is -2.35. The van der Waals surface area contributed by atoms with Gasteiger partial charge in [-0.2, -0.15) is 0 Å². The molecule has 0 aromatic carbocycles. The number of rotatable bonds is 2. The Kier molecular flexibility index (Phi) is 2.54. The maximum absolute atomic E-state index is 10.4. The molecule has 0 amide bonds. The minimum absolute atomic E-state index is 0.237. The number of nitrogens with zero attached hydrogens (tertiary/aromatic N) is 2. The first kappa shape index (κ1) is 10.6. The number of halogens is 1. The van der Waals surface area contributed by atoms with Gasteiger partial charge in [0.05, 0.1) is 22.3 Å². The molecule has 0 bridgehead atoms. The molecule has 14 heavy (non-hydrogen) atoms. The highest BCUT2D eigenvalue weighted by Gasteiger charge is 2.35. The smallest absolute Gasteiger partial charge is 0.275 e. The van der Waals surface area contributed by atoms with Crippen LogP contribution < -0.4 is 5.73 Å². The number of allylic oxidation sites excluding steroid dienone is 1. The molecule has 1 unspecified atom stereocenters. The van der Waals surface area contributed by atoms with E-state index in [4.69, 9.17) is 17.3 Å². The van der Waals surface area contributed by atoms with Crippen molar-refractivity contribution in [3.63, 3.8) is 0 Å². The second kappa shape index (κ2) is 3.35. The van der Waals surface area contributed by atoms with E-state index in [2.05, 4.69) is 0 Å². The summed E-state index contributed by atoms with van der Waals surface area (Å²) in [6.45, 7) is 0. The van der Waals surface area contributed by atoms with Crippen LogP contribution >= 0.6 is 11.6 Å². The lowest BCUT2D eigenvalue weighted by atomic mass is 10.0. The Morgan fingerprint density at radius 2 is 2.00 bits per heavy atom. The average Bonchev–Trinajstić information content (AvgIpc) is 2.01. The molecule has 0 heterocycles. The Morgan fingerprint density at radius 3 is 2.43 bits per heavy atom. The summed E-state index contributed by atoms with van der Waals surface area (Å²) >= 11 is 5.60. The van der Waals surface area contributed by atoms with Gasteiger partial charge in [0.2, 0.25) is 0 Å². The molecule has 0 aliphatic heterocycles. The first-order valence-corrected chi connectivity index (χ1v) is 3.89. The van der Waals surface area contributed by atoms with Crippen LogP contribution in [0.5, 0.6) is 0 Å². The van der Waals surface area contributed by atoms with Crippen LogP contribution in [0.1, 0.15) is 6.42 Å².